The lowest BCUT2D eigenvalue weighted by atomic mass is 9.89. The number of hydrogen-bond acceptors (Lipinski definition) is 5. The SMILES string of the molecule is O=C(c1ccc(-c2cc[n+]([O-])cc2)cc1)N1C2CC(O)CC1CN(S(=O)(=O)c1cc3cc(Cl)ccc3[nH]1)C2. The number of nitrogens with zero attached hydrogens (tertiary/aromatic N) is 3. The largest absolute Gasteiger partial charge is 0.619 e. The van der Waals surface area contributed by atoms with Crippen LogP contribution in [0.5, 0.6) is 0 Å². The zero-order valence-electron chi connectivity index (χ0n) is 20.2. The second kappa shape index (κ2) is 9.39. The number of hydrogen-bond donors (Lipinski definition) is 2. The number of fused-ring (bicyclic) bond motifs is 3. The van der Waals surface area contributed by atoms with Crippen LogP contribution in [0, 0.1) is 5.21 Å². The standard InChI is InChI=1S/C27H25ClN4O5S/c28-21-5-6-25-20(11-21)12-26(29-25)38(36,37)31-15-22-13-24(33)14-23(16-31)32(22)27(34)19-3-1-17(2-4-19)18-7-9-30(35)10-8-18/h1-12,22-24,29,33H,13-16H2. The van der Waals surface area contributed by atoms with Crippen molar-refractivity contribution in [2.24, 2.45) is 0 Å². The summed E-state index contributed by atoms with van der Waals surface area (Å²) in [5.74, 6) is -0.193. The zero-order valence-corrected chi connectivity index (χ0v) is 21.8. The molecule has 2 aromatic heterocycles. The van der Waals surface area contributed by atoms with E-state index in [0.29, 0.717) is 39.1 Å². The molecule has 0 saturated carbocycles. The number of rotatable bonds is 4. The molecule has 4 aromatic rings. The molecule has 4 heterocycles. The first-order chi connectivity index (χ1) is 18.2. The predicted octanol–water partition coefficient (Wildman–Crippen LogP) is 3.16. The van der Waals surface area contributed by atoms with Gasteiger partial charge in [-0.15, -0.1) is 0 Å². The maximum Gasteiger partial charge on any atom is 0.258 e. The minimum atomic E-state index is -3.86. The van der Waals surface area contributed by atoms with Crippen molar-refractivity contribution in [3.8, 4) is 11.1 Å². The average Bonchev–Trinajstić information content (AvgIpc) is 3.32. The summed E-state index contributed by atoms with van der Waals surface area (Å²) in [7, 11) is -3.86. The third-order valence-corrected chi connectivity index (χ3v) is 9.37. The number of aromatic amines is 1. The molecule has 2 fully saturated rings. The number of aromatic nitrogens is 2. The molecule has 0 aliphatic carbocycles. The highest BCUT2D eigenvalue weighted by Gasteiger charge is 2.46. The van der Waals surface area contributed by atoms with Crippen molar-refractivity contribution in [1.29, 1.82) is 0 Å². The molecule has 2 aliphatic heterocycles. The first-order valence-electron chi connectivity index (χ1n) is 12.3. The molecule has 2 aliphatic rings. The minimum Gasteiger partial charge on any atom is -0.619 e. The molecule has 2 saturated heterocycles. The van der Waals surface area contributed by atoms with Crippen LogP contribution < -0.4 is 4.73 Å². The number of benzene rings is 2. The number of carbonyl (C=O) groups is 1. The van der Waals surface area contributed by atoms with Crippen molar-refractivity contribution in [2.75, 3.05) is 13.1 Å². The third-order valence-electron chi connectivity index (χ3n) is 7.38. The van der Waals surface area contributed by atoms with Crippen LogP contribution in [0.3, 0.4) is 0 Å². The van der Waals surface area contributed by atoms with Gasteiger partial charge in [0.1, 0.15) is 5.03 Å². The smallest absolute Gasteiger partial charge is 0.258 e. The molecule has 9 nitrogen and oxygen atoms in total. The van der Waals surface area contributed by atoms with Crippen LogP contribution in [0.2, 0.25) is 5.02 Å². The first kappa shape index (κ1) is 24.9. The molecule has 2 bridgehead atoms. The van der Waals surface area contributed by atoms with E-state index in [1.807, 2.05) is 12.1 Å². The minimum absolute atomic E-state index is 0.0761. The molecular formula is C27H25ClN4O5S. The number of amides is 1. The van der Waals surface area contributed by atoms with Crippen molar-refractivity contribution in [3.05, 3.63) is 88.9 Å². The van der Waals surface area contributed by atoms with Gasteiger partial charge in [-0.05, 0) is 60.4 Å². The number of H-pyrrole nitrogens is 1. The van der Waals surface area contributed by atoms with Crippen molar-refractivity contribution >= 4 is 38.4 Å². The molecule has 2 aromatic carbocycles. The third kappa shape index (κ3) is 4.43. The summed E-state index contributed by atoms with van der Waals surface area (Å²) in [6, 6.07) is 16.3. The first-order valence-corrected chi connectivity index (χ1v) is 14.1. The number of sulfonamides is 1. The van der Waals surface area contributed by atoms with Gasteiger partial charge >= 0.3 is 0 Å². The van der Waals surface area contributed by atoms with Crippen LogP contribution in [-0.4, -0.2) is 64.9 Å². The van der Waals surface area contributed by atoms with Gasteiger partial charge in [0.15, 0.2) is 12.4 Å². The van der Waals surface area contributed by atoms with E-state index < -0.39 is 28.2 Å². The Kier molecular flexibility index (Phi) is 6.14. The highest BCUT2D eigenvalue weighted by Crippen LogP contribution is 2.34. The van der Waals surface area contributed by atoms with Crippen molar-refractivity contribution in [1.82, 2.24) is 14.2 Å². The van der Waals surface area contributed by atoms with E-state index in [9.17, 15) is 23.5 Å². The molecule has 2 unspecified atom stereocenters. The van der Waals surface area contributed by atoms with E-state index >= 15 is 0 Å². The summed E-state index contributed by atoms with van der Waals surface area (Å²) >= 11 is 6.06. The quantitative estimate of drug-likeness (QED) is 0.298. The lowest BCUT2D eigenvalue weighted by Crippen LogP contribution is -2.65. The summed E-state index contributed by atoms with van der Waals surface area (Å²) in [4.78, 5) is 18.3. The van der Waals surface area contributed by atoms with E-state index in [2.05, 4.69) is 4.98 Å². The number of carbonyl (C=O) groups excluding carboxylic acids is 1. The number of aliphatic hydroxyl groups is 1. The number of pyridine rings is 1. The molecular weight excluding hydrogens is 528 g/mol. The van der Waals surface area contributed by atoms with Gasteiger partial charge in [-0.2, -0.15) is 9.04 Å². The molecule has 0 spiro atoms. The molecule has 11 heteroatoms. The Morgan fingerprint density at radius 3 is 2.26 bits per heavy atom. The van der Waals surface area contributed by atoms with Gasteiger partial charge in [0.25, 0.3) is 15.9 Å². The van der Waals surface area contributed by atoms with E-state index in [4.69, 9.17) is 11.6 Å². The molecule has 2 N–H and O–H groups in total. The lowest BCUT2D eigenvalue weighted by molar-refractivity contribution is -0.605. The number of nitrogens with one attached hydrogen (secondary N) is 1. The number of piperidine rings is 1. The van der Waals surface area contributed by atoms with Crippen LogP contribution in [0.15, 0.2) is 78.1 Å². The second-order valence-corrected chi connectivity index (χ2v) is 12.2. The van der Waals surface area contributed by atoms with Crippen LogP contribution in [-0.2, 0) is 10.0 Å². The Balaban J connectivity index is 1.24. The molecule has 6 rings (SSSR count). The molecule has 38 heavy (non-hydrogen) atoms. The van der Waals surface area contributed by atoms with Crippen molar-refractivity contribution in [2.45, 2.75) is 36.1 Å². The molecule has 196 valence electrons. The van der Waals surface area contributed by atoms with E-state index in [0.717, 1.165) is 11.1 Å². The van der Waals surface area contributed by atoms with Gasteiger partial charge in [0.2, 0.25) is 0 Å². The maximum absolute atomic E-state index is 13.6. The average molecular weight is 553 g/mol. The van der Waals surface area contributed by atoms with E-state index in [-0.39, 0.29) is 24.0 Å². The fourth-order valence-electron chi connectivity index (χ4n) is 5.56. The molecule has 2 atom stereocenters. The highest BCUT2D eigenvalue weighted by atomic mass is 35.5. The van der Waals surface area contributed by atoms with Crippen LogP contribution in [0.25, 0.3) is 22.0 Å². The van der Waals surface area contributed by atoms with E-state index in [1.54, 1.807) is 53.4 Å². The molecule has 1 amide bonds. The van der Waals surface area contributed by atoms with Gasteiger partial charge in [0, 0.05) is 58.8 Å². The summed E-state index contributed by atoms with van der Waals surface area (Å²) in [5.41, 5.74) is 2.88. The fourth-order valence-corrected chi connectivity index (χ4v) is 7.27. The van der Waals surface area contributed by atoms with E-state index in [1.165, 1.54) is 16.7 Å². The number of aliphatic hydroxyl groups excluding tert-OH is 1. The monoisotopic (exact) mass is 552 g/mol. The zero-order chi connectivity index (χ0) is 26.6. The highest BCUT2D eigenvalue weighted by molar-refractivity contribution is 7.89. The van der Waals surface area contributed by atoms with Crippen molar-refractivity contribution < 1.29 is 23.0 Å². The normalized spacial score (nSPS) is 22.1. The lowest BCUT2D eigenvalue weighted by Gasteiger charge is -2.50. The van der Waals surface area contributed by atoms with Gasteiger partial charge < -0.3 is 20.2 Å². The Hall–Kier alpha value is -3.44. The Morgan fingerprint density at radius 1 is 0.974 bits per heavy atom. The van der Waals surface area contributed by atoms with Crippen LogP contribution in [0.1, 0.15) is 23.2 Å². The second-order valence-electron chi connectivity index (χ2n) is 9.86. The maximum atomic E-state index is 13.6. The van der Waals surface area contributed by atoms with Crippen LogP contribution in [0.4, 0.5) is 0 Å². The van der Waals surface area contributed by atoms with Gasteiger partial charge in [0.05, 0.1) is 6.10 Å². The Bertz CT molecular complexity index is 1610. The Morgan fingerprint density at radius 2 is 1.61 bits per heavy atom. The Labute approximate surface area is 224 Å². The fraction of sp³-hybridized carbons (Fsp3) is 0.259. The van der Waals surface area contributed by atoms with Gasteiger partial charge in [-0.1, -0.05) is 23.7 Å². The number of piperazine rings is 1. The summed E-state index contributed by atoms with van der Waals surface area (Å²) in [6.45, 7) is 0.185. The summed E-state index contributed by atoms with van der Waals surface area (Å²) in [5, 5.41) is 23.0. The van der Waals surface area contributed by atoms with Gasteiger partial charge in [-0.3, -0.25) is 4.79 Å². The van der Waals surface area contributed by atoms with Crippen LogP contribution >= 0.6 is 11.6 Å². The summed E-state index contributed by atoms with van der Waals surface area (Å²) < 4.78 is 29.3. The molecule has 0 radical (unpaired) electrons. The van der Waals surface area contributed by atoms with Gasteiger partial charge in [-0.25, -0.2) is 8.42 Å². The topological polar surface area (TPSA) is 121 Å². The summed E-state index contributed by atoms with van der Waals surface area (Å²) in [6.07, 6.45) is 2.83. The number of halogens is 1. The predicted molar refractivity (Wildman–Crippen MR) is 142 cm³/mol. The van der Waals surface area contributed by atoms with Crippen molar-refractivity contribution in [3.63, 3.8) is 0 Å².